The maximum atomic E-state index is 11.9. The fourth-order valence-corrected chi connectivity index (χ4v) is 6.31. The molecule has 0 aromatic heterocycles. The predicted octanol–water partition coefficient (Wildman–Crippen LogP) is 1.68. The zero-order valence-corrected chi connectivity index (χ0v) is 17.4. The molecule has 5 nitrogen and oxygen atoms in total. The van der Waals surface area contributed by atoms with Crippen LogP contribution in [0.4, 0.5) is 0 Å². The number of ether oxygens (including phenoxy) is 1. The van der Waals surface area contributed by atoms with Crippen molar-refractivity contribution < 1.29 is 9.53 Å². The molecule has 26 heavy (non-hydrogen) atoms. The normalized spacial score (nSPS) is 39.3. The number of thioether (sulfide) groups is 1. The maximum Gasteiger partial charge on any atom is 0.229 e. The fraction of sp³-hybridized carbons (Fsp3) is 0.950. The molecule has 4 atom stereocenters. The van der Waals surface area contributed by atoms with Crippen LogP contribution in [0.15, 0.2) is 0 Å². The molecule has 0 aliphatic carbocycles. The van der Waals surface area contributed by atoms with Crippen LogP contribution in [0, 0.1) is 17.3 Å². The first kappa shape index (κ1) is 19.0. The highest BCUT2D eigenvalue weighted by Gasteiger charge is 2.63. The minimum Gasteiger partial charge on any atom is -0.370 e. The Kier molecular flexibility index (Phi) is 5.32. The highest BCUT2D eigenvalue weighted by Crippen LogP contribution is 2.55. The van der Waals surface area contributed by atoms with Crippen LogP contribution in [-0.4, -0.2) is 85.7 Å². The zero-order valence-electron chi connectivity index (χ0n) is 16.6. The molecule has 4 rings (SSSR count). The van der Waals surface area contributed by atoms with Gasteiger partial charge in [0.25, 0.3) is 0 Å². The molecule has 148 valence electrons. The van der Waals surface area contributed by atoms with Crippen molar-refractivity contribution in [1.29, 1.82) is 0 Å². The van der Waals surface area contributed by atoms with Gasteiger partial charge in [0.2, 0.25) is 5.91 Å². The molecule has 0 radical (unpaired) electrons. The molecule has 4 fully saturated rings. The van der Waals surface area contributed by atoms with E-state index in [2.05, 4.69) is 29.1 Å². The Morgan fingerprint density at radius 3 is 2.81 bits per heavy atom. The summed E-state index contributed by atoms with van der Waals surface area (Å²) in [6, 6.07) is 0. The van der Waals surface area contributed by atoms with Gasteiger partial charge in [-0.15, -0.1) is 0 Å². The average molecular weight is 382 g/mol. The molecular weight excluding hydrogens is 346 g/mol. The second-order valence-corrected chi connectivity index (χ2v) is 10.4. The molecular formula is C20H35N3O2S. The summed E-state index contributed by atoms with van der Waals surface area (Å²) in [5.41, 5.74) is 0.531. The monoisotopic (exact) mass is 381 g/mol. The van der Waals surface area contributed by atoms with E-state index in [0.717, 1.165) is 19.6 Å². The van der Waals surface area contributed by atoms with Crippen LogP contribution in [-0.2, 0) is 9.53 Å². The number of nitrogens with zero attached hydrogens (tertiary/aromatic N) is 2. The third kappa shape index (κ3) is 3.54. The molecule has 0 aromatic carbocycles. The van der Waals surface area contributed by atoms with Gasteiger partial charge in [0.1, 0.15) is 0 Å². The summed E-state index contributed by atoms with van der Waals surface area (Å²) >= 11 is 1.59. The Morgan fingerprint density at radius 1 is 1.31 bits per heavy atom. The molecule has 4 heterocycles. The number of amides is 1. The molecule has 1 N–H and O–H groups in total. The van der Waals surface area contributed by atoms with Gasteiger partial charge in [0.05, 0.1) is 17.5 Å². The van der Waals surface area contributed by atoms with E-state index in [-0.39, 0.29) is 11.5 Å². The largest absolute Gasteiger partial charge is 0.370 e. The maximum absolute atomic E-state index is 11.9. The van der Waals surface area contributed by atoms with E-state index in [1.165, 1.54) is 45.3 Å². The van der Waals surface area contributed by atoms with Crippen LogP contribution in [0.5, 0.6) is 0 Å². The van der Waals surface area contributed by atoms with Gasteiger partial charge in [-0.25, -0.2) is 0 Å². The first-order valence-electron chi connectivity index (χ1n) is 10.3. The Balaban J connectivity index is 1.36. The topological polar surface area (TPSA) is 44.8 Å². The number of rotatable bonds is 6. The number of piperidine rings is 1. The Bertz CT molecular complexity index is 537. The highest BCUT2D eigenvalue weighted by atomic mass is 32.2. The van der Waals surface area contributed by atoms with Gasteiger partial charge in [0.15, 0.2) is 0 Å². The van der Waals surface area contributed by atoms with Crippen LogP contribution < -0.4 is 5.32 Å². The number of hydrogen-bond donors (Lipinski definition) is 1. The lowest BCUT2D eigenvalue weighted by molar-refractivity contribution is -0.118. The summed E-state index contributed by atoms with van der Waals surface area (Å²) in [6.07, 6.45) is 7.34. The minimum absolute atomic E-state index is 0.0847. The van der Waals surface area contributed by atoms with Crippen LogP contribution in [0.3, 0.4) is 0 Å². The van der Waals surface area contributed by atoms with E-state index in [9.17, 15) is 4.79 Å². The lowest BCUT2D eigenvalue weighted by atomic mass is 9.73. The molecule has 1 spiro atoms. The van der Waals surface area contributed by atoms with Gasteiger partial charge in [-0.2, -0.15) is 11.8 Å². The Labute approximate surface area is 162 Å². The van der Waals surface area contributed by atoms with E-state index in [1.54, 1.807) is 11.8 Å². The van der Waals surface area contributed by atoms with Crippen LogP contribution in [0.25, 0.3) is 0 Å². The lowest BCUT2D eigenvalue weighted by Gasteiger charge is -2.40. The molecule has 0 unspecified atom stereocenters. The SMILES string of the molecule is CSCC(=O)NC[C@H]1[C@H]2CN(CC3(C)CCN(C)CC3)C[C@]23CC[C@H]1O3. The second-order valence-electron chi connectivity index (χ2n) is 9.55. The average Bonchev–Trinajstić information content (AvgIpc) is 3.24. The van der Waals surface area contributed by atoms with Crippen LogP contribution in [0.2, 0.25) is 0 Å². The molecule has 2 bridgehead atoms. The van der Waals surface area contributed by atoms with Crippen molar-refractivity contribution >= 4 is 17.7 Å². The third-order valence-corrected chi connectivity index (χ3v) is 8.02. The first-order chi connectivity index (χ1) is 12.4. The fourth-order valence-electron chi connectivity index (χ4n) is 5.95. The minimum atomic E-state index is 0.0847. The molecule has 1 amide bonds. The molecule has 0 saturated carbocycles. The third-order valence-electron chi connectivity index (χ3n) is 7.46. The number of hydrogen-bond acceptors (Lipinski definition) is 5. The van der Waals surface area contributed by atoms with Crippen molar-refractivity contribution in [2.24, 2.45) is 17.3 Å². The van der Waals surface area contributed by atoms with Crippen molar-refractivity contribution in [3.8, 4) is 0 Å². The number of fused-ring (bicyclic) bond motifs is 1. The van der Waals surface area contributed by atoms with E-state index < -0.39 is 0 Å². The Hall–Kier alpha value is -0.300. The zero-order chi connectivity index (χ0) is 18.4. The van der Waals surface area contributed by atoms with Crippen molar-refractivity contribution in [3.05, 3.63) is 0 Å². The summed E-state index contributed by atoms with van der Waals surface area (Å²) in [5.74, 6) is 1.84. The van der Waals surface area contributed by atoms with Gasteiger partial charge in [0, 0.05) is 38.0 Å². The van der Waals surface area contributed by atoms with E-state index in [0.29, 0.717) is 29.1 Å². The summed E-state index contributed by atoms with van der Waals surface area (Å²) in [7, 11) is 2.24. The standard InChI is InChI=1S/C20H35N3O2S/c1-19(6-8-22(2)9-7-19)13-23-11-16-15(10-21-18(24)12-26-3)17-4-5-20(16,14-23)25-17/h15-17H,4-14H2,1-3H3,(H,21,24)/t15-,16+,17+,20+/m0/s1. The van der Waals surface area contributed by atoms with Crippen molar-refractivity contribution in [3.63, 3.8) is 0 Å². The molecule has 6 heteroatoms. The summed E-state index contributed by atoms with van der Waals surface area (Å²) < 4.78 is 6.55. The number of nitrogens with one attached hydrogen (secondary N) is 1. The number of carbonyl (C=O) groups is 1. The van der Waals surface area contributed by atoms with Crippen LogP contribution in [0.1, 0.15) is 32.6 Å². The number of carbonyl (C=O) groups excluding carboxylic acids is 1. The van der Waals surface area contributed by atoms with Crippen LogP contribution >= 0.6 is 11.8 Å². The van der Waals surface area contributed by atoms with E-state index in [1.807, 2.05) is 6.26 Å². The summed E-state index contributed by atoms with van der Waals surface area (Å²) in [6.45, 7) is 9.19. The van der Waals surface area contributed by atoms with Crippen molar-refractivity contribution in [2.75, 3.05) is 58.3 Å². The molecule has 4 aliphatic heterocycles. The van der Waals surface area contributed by atoms with Gasteiger partial charge >= 0.3 is 0 Å². The first-order valence-corrected chi connectivity index (χ1v) is 11.7. The second kappa shape index (κ2) is 7.26. The molecule has 4 saturated heterocycles. The quantitative estimate of drug-likeness (QED) is 0.758. The molecule has 0 aromatic rings. The summed E-state index contributed by atoms with van der Waals surface area (Å²) in [5, 5.41) is 3.16. The predicted molar refractivity (Wildman–Crippen MR) is 106 cm³/mol. The number of likely N-dealkylation sites (tertiary alicyclic amines) is 2. The lowest BCUT2D eigenvalue weighted by Crippen LogP contribution is -2.44. The van der Waals surface area contributed by atoms with Gasteiger partial charge in [-0.3, -0.25) is 9.69 Å². The van der Waals surface area contributed by atoms with Gasteiger partial charge in [-0.05, 0) is 57.5 Å². The van der Waals surface area contributed by atoms with Gasteiger partial charge < -0.3 is 15.0 Å². The molecule has 4 aliphatic rings. The van der Waals surface area contributed by atoms with E-state index in [4.69, 9.17) is 4.74 Å². The van der Waals surface area contributed by atoms with Gasteiger partial charge in [-0.1, -0.05) is 6.92 Å². The van der Waals surface area contributed by atoms with Crippen molar-refractivity contribution in [1.82, 2.24) is 15.1 Å². The highest BCUT2D eigenvalue weighted by molar-refractivity contribution is 7.99. The van der Waals surface area contributed by atoms with Crippen molar-refractivity contribution in [2.45, 2.75) is 44.3 Å². The Morgan fingerprint density at radius 2 is 2.08 bits per heavy atom. The van der Waals surface area contributed by atoms with E-state index >= 15 is 0 Å². The summed E-state index contributed by atoms with van der Waals surface area (Å²) in [4.78, 5) is 17.0. The smallest absolute Gasteiger partial charge is 0.229 e.